The Balaban J connectivity index is 2.71. The number of hydrogen-bond donors (Lipinski definition) is 0. The summed E-state index contributed by atoms with van der Waals surface area (Å²) < 4.78 is 35.1. The average molecular weight is 172 g/mol. The molecule has 0 aliphatic carbocycles. The second kappa shape index (κ2) is 3.43. The van der Waals surface area contributed by atoms with Crippen molar-refractivity contribution in [3.63, 3.8) is 0 Å². The van der Waals surface area contributed by atoms with Gasteiger partial charge in [-0.15, -0.1) is 5.98 Å². The van der Waals surface area contributed by atoms with Crippen LogP contribution in [0.3, 0.4) is 0 Å². The Labute approximate surface area is 68.0 Å². The fraction of sp³-hybridized carbons (Fsp3) is 0. The molecular weight excluding hydrogens is 166 g/mol. The van der Waals surface area contributed by atoms with Crippen molar-refractivity contribution in [2.45, 2.75) is 0 Å². The van der Waals surface area contributed by atoms with E-state index < -0.39 is 6.98 Å². The minimum absolute atomic E-state index is 0.259. The molecule has 0 amide bonds. The van der Waals surface area contributed by atoms with Gasteiger partial charge < -0.3 is 12.9 Å². The lowest BCUT2D eigenvalue weighted by molar-refractivity contribution is 0.499. The average Bonchev–Trinajstić information content (AvgIpc) is 2.02. The molecule has 1 nitrogen and oxygen atoms in total. The van der Waals surface area contributed by atoms with Gasteiger partial charge >= 0.3 is 6.98 Å². The monoisotopic (exact) mass is 172 g/mol. The summed E-state index contributed by atoms with van der Waals surface area (Å²) >= 11 is 0. The van der Waals surface area contributed by atoms with E-state index in [2.05, 4.69) is 4.98 Å². The summed E-state index contributed by atoms with van der Waals surface area (Å²) in [5.74, 6) is 0.259. The zero-order chi connectivity index (χ0) is 9.03. The molecule has 64 valence electrons. The van der Waals surface area contributed by atoms with Crippen molar-refractivity contribution in [2.24, 2.45) is 0 Å². The van der Waals surface area contributed by atoms with E-state index >= 15 is 0 Å². The largest absolute Gasteiger partial charge is 0.502 e. The maximum absolute atomic E-state index is 11.7. The first-order valence-corrected chi connectivity index (χ1v) is 3.37. The van der Waals surface area contributed by atoms with Crippen molar-refractivity contribution in [1.29, 1.82) is 0 Å². The summed E-state index contributed by atoms with van der Waals surface area (Å²) in [7, 11) is 0. The van der Waals surface area contributed by atoms with Gasteiger partial charge in [-0.25, -0.2) is 0 Å². The molecule has 0 aliphatic heterocycles. The van der Waals surface area contributed by atoms with E-state index in [4.69, 9.17) is 0 Å². The van der Waals surface area contributed by atoms with Gasteiger partial charge in [0.1, 0.15) is 0 Å². The van der Waals surface area contributed by atoms with Crippen LogP contribution < -0.4 is 0 Å². The van der Waals surface area contributed by atoms with E-state index in [9.17, 15) is 12.9 Å². The number of halogens is 3. The highest BCUT2D eigenvalue weighted by atomic mass is 19.4. The van der Waals surface area contributed by atoms with Gasteiger partial charge in [0.05, 0.1) is 0 Å². The first kappa shape index (κ1) is 8.84. The minimum Gasteiger partial charge on any atom is -0.445 e. The summed E-state index contributed by atoms with van der Waals surface area (Å²) in [6, 6.07) is 3.02. The molecule has 0 unspecified atom stereocenters. The predicted molar refractivity (Wildman–Crippen MR) is 42.3 cm³/mol. The smallest absolute Gasteiger partial charge is 0.445 e. The lowest BCUT2D eigenvalue weighted by Gasteiger charge is -2.05. The molecule has 0 aliphatic rings. The van der Waals surface area contributed by atoms with Crippen LogP contribution in [0.5, 0.6) is 0 Å². The minimum atomic E-state index is -4.83. The molecule has 0 bridgehead atoms. The van der Waals surface area contributed by atoms with Crippen molar-refractivity contribution in [1.82, 2.24) is 4.98 Å². The van der Waals surface area contributed by atoms with Crippen LogP contribution in [0.2, 0.25) is 0 Å². The van der Waals surface area contributed by atoms with Gasteiger partial charge in [0.15, 0.2) is 0 Å². The number of pyridine rings is 1. The predicted octanol–water partition coefficient (Wildman–Crippen LogP) is 2.48. The van der Waals surface area contributed by atoms with Crippen LogP contribution in [0.1, 0.15) is 5.56 Å². The molecular formula is C7H6BF3N-. The molecule has 0 spiro atoms. The van der Waals surface area contributed by atoms with E-state index in [-0.39, 0.29) is 5.98 Å². The highest BCUT2D eigenvalue weighted by Gasteiger charge is 2.16. The van der Waals surface area contributed by atoms with E-state index in [1.54, 1.807) is 0 Å². The van der Waals surface area contributed by atoms with Gasteiger partial charge in [0, 0.05) is 12.4 Å². The normalized spacial score (nSPS) is 12.2. The summed E-state index contributed by atoms with van der Waals surface area (Å²) in [4.78, 5) is 3.68. The molecule has 1 aromatic rings. The summed E-state index contributed by atoms with van der Waals surface area (Å²) in [6.45, 7) is -4.83. The maximum Gasteiger partial charge on any atom is 0.502 e. The number of nitrogens with zero attached hydrogens (tertiary/aromatic N) is 1. The molecule has 0 N–H and O–H groups in total. The van der Waals surface area contributed by atoms with E-state index in [1.165, 1.54) is 24.5 Å². The Kier molecular flexibility index (Phi) is 2.52. The standard InChI is InChI=1S/C7H6BF3N/c9-8(10,11)4-1-7-2-5-12-6-3-7/h1-6H/q-1/b4-1+. The molecule has 0 aromatic carbocycles. The van der Waals surface area contributed by atoms with Crippen LogP contribution in [0.4, 0.5) is 12.9 Å². The number of hydrogen-bond acceptors (Lipinski definition) is 1. The third-order valence-corrected chi connectivity index (χ3v) is 1.21. The van der Waals surface area contributed by atoms with Crippen LogP contribution in [-0.4, -0.2) is 12.0 Å². The quantitative estimate of drug-likeness (QED) is 0.624. The number of rotatable bonds is 2. The van der Waals surface area contributed by atoms with Gasteiger partial charge in [-0.1, -0.05) is 6.08 Å². The summed E-state index contributed by atoms with van der Waals surface area (Å²) in [6.07, 6.45) is 3.92. The number of aromatic nitrogens is 1. The molecule has 5 heteroatoms. The van der Waals surface area contributed by atoms with Crippen LogP contribution >= 0.6 is 0 Å². The zero-order valence-electron chi connectivity index (χ0n) is 6.12. The van der Waals surface area contributed by atoms with E-state index in [0.717, 1.165) is 6.08 Å². The molecule has 1 rings (SSSR count). The highest BCUT2D eigenvalue weighted by Crippen LogP contribution is 2.11. The summed E-state index contributed by atoms with van der Waals surface area (Å²) in [5, 5.41) is 0. The fourth-order valence-corrected chi connectivity index (χ4v) is 0.695. The van der Waals surface area contributed by atoms with Gasteiger partial charge in [0.25, 0.3) is 0 Å². The van der Waals surface area contributed by atoms with Gasteiger partial charge in [-0.3, -0.25) is 4.98 Å². The lowest BCUT2D eigenvalue weighted by atomic mass is 9.91. The van der Waals surface area contributed by atoms with Crippen molar-refractivity contribution in [3.8, 4) is 0 Å². The van der Waals surface area contributed by atoms with Gasteiger partial charge in [-0.05, 0) is 17.7 Å². The third kappa shape index (κ3) is 3.23. The first-order chi connectivity index (χ1) is 5.58. The Bertz CT molecular complexity index is 268. The van der Waals surface area contributed by atoms with Crippen molar-refractivity contribution >= 4 is 13.1 Å². The topological polar surface area (TPSA) is 12.9 Å². The SMILES string of the molecule is F[B-](F)(F)/C=C/c1ccncc1. The summed E-state index contributed by atoms with van der Waals surface area (Å²) in [5.41, 5.74) is 0.504. The first-order valence-electron chi connectivity index (χ1n) is 3.37. The molecule has 0 atom stereocenters. The molecule has 0 saturated heterocycles. The Hall–Kier alpha value is -1.26. The van der Waals surface area contributed by atoms with E-state index in [1.807, 2.05) is 0 Å². The van der Waals surface area contributed by atoms with Crippen LogP contribution in [0.25, 0.3) is 6.08 Å². The van der Waals surface area contributed by atoms with Crippen molar-refractivity contribution in [3.05, 3.63) is 36.1 Å². The molecule has 0 radical (unpaired) electrons. The van der Waals surface area contributed by atoms with Crippen molar-refractivity contribution < 1.29 is 12.9 Å². The Morgan fingerprint density at radius 2 is 1.75 bits per heavy atom. The van der Waals surface area contributed by atoms with Crippen LogP contribution in [-0.2, 0) is 0 Å². The lowest BCUT2D eigenvalue weighted by Crippen LogP contribution is -2.09. The van der Waals surface area contributed by atoms with Gasteiger partial charge in [-0.2, -0.15) is 0 Å². The molecule has 12 heavy (non-hydrogen) atoms. The van der Waals surface area contributed by atoms with Crippen LogP contribution in [0, 0.1) is 0 Å². The molecule has 0 fully saturated rings. The molecule has 1 aromatic heterocycles. The maximum atomic E-state index is 11.7. The Morgan fingerprint density at radius 3 is 2.25 bits per heavy atom. The second-order valence-electron chi connectivity index (χ2n) is 2.27. The third-order valence-electron chi connectivity index (χ3n) is 1.21. The van der Waals surface area contributed by atoms with Crippen LogP contribution in [0.15, 0.2) is 30.5 Å². The Morgan fingerprint density at radius 1 is 1.17 bits per heavy atom. The molecule has 0 saturated carbocycles. The van der Waals surface area contributed by atoms with Crippen molar-refractivity contribution in [2.75, 3.05) is 0 Å². The molecule has 1 heterocycles. The second-order valence-corrected chi connectivity index (χ2v) is 2.27. The van der Waals surface area contributed by atoms with E-state index in [0.29, 0.717) is 5.56 Å². The fourth-order valence-electron chi connectivity index (χ4n) is 0.695. The highest BCUT2D eigenvalue weighted by molar-refractivity contribution is 6.64. The zero-order valence-corrected chi connectivity index (χ0v) is 6.12. The van der Waals surface area contributed by atoms with Gasteiger partial charge in [0.2, 0.25) is 0 Å².